The van der Waals surface area contributed by atoms with Crippen LogP contribution in [0.3, 0.4) is 0 Å². The molecule has 2 heterocycles. The molecule has 0 spiro atoms. The number of carbonyl (C=O) groups is 3. The SMILES string of the molecule is CC(=O)OCC1=C(C(=O)OC(c2ccccc2)c2ccccc2)N2C(=O)C(F)(N=Cc3ccc([N+](=O)[O-])cc3)[C@H]2SC1. The predicted molar refractivity (Wildman–Crippen MR) is 152 cm³/mol. The number of alkyl halides is 1. The molecule has 0 saturated carbocycles. The number of ether oxygens (including phenoxy) is 2. The fraction of sp³-hybridized carbons (Fsp3) is 0.200. The Morgan fingerprint density at radius 1 is 1.10 bits per heavy atom. The Morgan fingerprint density at radius 2 is 1.69 bits per heavy atom. The van der Waals surface area contributed by atoms with E-state index in [0.29, 0.717) is 22.3 Å². The summed E-state index contributed by atoms with van der Waals surface area (Å²) in [4.78, 5) is 53.8. The van der Waals surface area contributed by atoms with Crippen molar-refractivity contribution in [2.75, 3.05) is 12.4 Å². The van der Waals surface area contributed by atoms with Gasteiger partial charge in [0, 0.05) is 36.6 Å². The van der Waals surface area contributed by atoms with Crippen LogP contribution in [0, 0.1) is 10.1 Å². The molecule has 5 rings (SSSR count). The number of non-ortho nitro benzene ring substituents is 1. The topological polar surface area (TPSA) is 128 Å². The van der Waals surface area contributed by atoms with E-state index >= 15 is 4.39 Å². The smallest absolute Gasteiger partial charge is 0.356 e. The van der Waals surface area contributed by atoms with Crippen molar-refractivity contribution in [3.8, 4) is 0 Å². The Morgan fingerprint density at radius 3 is 2.24 bits per heavy atom. The molecule has 0 bridgehead atoms. The lowest BCUT2D eigenvalue weighted by Crippen LogP contribution is -2.70. The van der Waals surface area contributed by atoms with Crippen LogP contribution in [0.5, 0.6) is 0 Å². The predicted octanol–water partition coefficient (Wildman–Crippen LogP) is 4.74. The van der Waals surface area contributed by atoms with Gasteiger partial charge in [0.05, 0.1) is 4.92 Å². The molecule has 1 saturated heterocycles. The van der Waals surface area contributed by atoms with Crippen LogP contribution in [0.1, 0.15) is 29.7 Å². The molecule has 1 amide bonds. The van der Waals surface area contributed by atoms with Gasteiger partial charge in [-0.25, -0.2) is 14.2 Å². The number of rotatable bonds is 9. The quantitative estimate of drug-likeness (QED) is 0.0874. The Labute approximate surface area is 244 Å². The molecular formula is C30H24FN3O7S. The summed E-state index contributed by atoms with van der Waals surface area (Å²) in [6.45, 7) is 0.933. The van der Waals surface area contributed by atoms with Crippen LogP contribution in [0.25, 0.3) is 0 Å². The number of hydrogen-bond donors (Lipinski definition) is 0. The van der Waals surface area contributed by atoms with E-state index in [1.54, 1.807) is 48.5 Å². The molecule has 0 N–H and O–H groups in total. The van der Waals surface area contributed by atoms with Gasteiger partial charge in [0.15, 0.2) is 6.10 Å². The third-order valence-corrected chi connectivity index (χ3v) is 8.00. The maximum absolute atomic E-state index is 16.0. The summed E-state index contributed by atoms with van der Waals surface area (Å²) < 4.78 is 27.1. The molecule has 2 atom stereocenters. The zero-order valence-electron chi connectivity index (χ0n) is 22.2. The maximum atomic E-state index is 16.0. The van der Waals surface area contributed by atoms with Crippen LogP contribution in [0.2, 0.25) is 0 Å². The molecule has 10 nitrogen and oxygen atoms in total. The number of benzene rings is 3. The molecule has 0 aliphatic carbocycles. The van der Waals surface area contributed by atoms with Gasteiger partial charge < -0.3 is 9.47 Å². The number of esters is 2. The van der Waals surface area contributed by atoms with Gasteiger partial charge in [-0.2, -0.15) is 0 Å². The first-order valence-corrected chi connectivity index (χ1v) is 13.8. The summed E-state index contributed by atoms with van der Waals surface area (Å²) in [6.07, 6.45) is 0.290. The Bertz CT molecular complexity index is 1540. The largest absolute Gasteiger partial charge is 0.461 e. The van der Waals surface area contributed by atoms with E-state index in [1.807, 2.05) is 12.1 Å². The molecule has 42 heavy (non-hydrogen) atoms. The van der Waals surface area contributed by atoms with Crippen LogP contribution in [-0.2, 0) is 23.9 Å². The minimum Gasteiger partial charge on any atom is -0.461 e. The lowest BCUT2D eigenvalue weighted by atomic mass is 9.99. The lowest BCUT2D eigenvalue weighted by Gasteiger charge is -2.51. The average Bonchev–Trinajstić information content (AvgIpc) is 3.01. The summed E-state index contributed by atoms with van der Waals surface area (Å²) in [7, 11) is 0. The molecule has 1 fully saturated rings. The van der Waals surface area contributed by atoms with E-state index < -0.39 is 40.0 Å². The van der Waals surface area contributed by atoms with E-state index in [9.17, 15) is 24.5 Å². The van der Waals surface area contributed by atoms with Crippen molar-refractivity contribution in [3.05, 3.63) is 123 Å². The number of hydrogen-bond acceptors (Lipinski definition) is 9. The maximum Gasteiger partial charge on any atom is 0.356 e. The summed E-state index contributed by atoms with van der Waals surface area (Å²) in [5.74, 6) is -5.16. The number of nitro groups is 1. The van der Waals surface area contributed by atoms with Crippen molar-refractivity contribution in [2.24, 2.45) is 4.99 Å². The molecule has 3 aromatic carbocycles. The Hall–Kier alpha value is -4.84. The number of carbonyl (C=O) groups excluding carboxylic acids is 3. The van der Waals surface area contributed by atoms with E-state index in [4.69, 9.17) is 9.47 Å². The van der Waals surface area contributed by atoms with Gasteiger partial charge in [-0.3, -0.25) is 24.6 Å². The molecule has 1 unspecified atom stereocenters. The van der Waals surface area contributed by atoms with Gasteiger partial charge in [0.1, 0.15) is 17.7 Å². The summed E-state index contributed by atoms with van der Waals surface area (Å²) in [5.41, 5.74) is 1.68. The van der Waals surface area contributed by atoms with Crippen LogP contribution in [0.4, 0.5) is 10.1 Å². The highest BCUT2D eigenvalue weighted by molar-refractivity contribution is 8.00. The van der Waals surface area contributed by atoms with Crippen LogP contribution >= 0.6 is 11.8 Å². The second-order valence-corrected chi connectivity index (χ2v) is 10.5. The first-order chi connectivity index (χ1) is 20.2. The van der Waals surface area contributed by atoms with Crippen molar-refractivity contribution in [3.63, 3.8) is 0 Å². The van der Waals surface area contributed by atoms with E-state index in [-0.39, 0.29) is 23.7 Å². The summed E-state index contributed by atoms with van der Waals surface area (Å²) >= 11 is 1.03. The molecular weight excluding hydrogens is 565 g/mol. The van der Waals surface area contributed by atoms with Gasteiger partial charge in [0.25, 0.3) is 11.6 Å². The van der Waals surface area contributed by atoms with Crippen molar-refractivity contribution in [1.29, 1.82) is 0 Å². The van der Waals surface area contributed by atoms with E-state index in [1.165, 1.54) is 31.2 Å². The van der Waals surface area contributed by atoms with Crippen molar-refractivity contribution < 1.29 is 33.2 Å². The van der Waals surface area contributed by atoms with Gasteiger partial charge in [-0.15, -0.1) is 11.8 Å². The molecule has 2 aliphatic heterocycles. The molecule has 0 aromatic heterocycles. The highest BCUT2D eigenvalue weighted by atomic mass is 32.2. The number of amides is 1. The Balaban J connectivity index is 1.45. The van der Waals surface area contributed by atoms with Crippen molar-refractivity contribution >= 4 is 41.5 Å². The second-order valence-electron chi connectivity index (χ2n) is 9.46. The third kappa shape index (κ3) is 5.66. The van der Waals surface area contributed by atoms with Crippen LogP contribution in [-0.4, -0.2) is 57.4 Å². The number of thioether (sulfide) groups is 1. The monoisotopic (exact) mass is 589 g/mol. The van der Waals surface area contributed by atoms with Gasteiger partial charge >= 0.3 is 17.7 Å². The highest BCUT2D eigenvalue weighted by Crippen LogP contribution is 2.49. The zero-order chi connectivity index (χ0) is 29.9. The highest BCUT2D eigenvalue weighted by Gasteiger charge is 2.66. The number of fused-ring (bicyclic) bond motifs is 1. The number of nitro benzene ring substituents is 1. The first kappa shape index (κ1) is 28.7. The third-order valence-electron chi connectivity index (χ3n) is 6.65. The Kier molecular flexibility index (Phi) is 8.16. The van der Waals surface area contributed by atoms with Gasteiger partial charge in [-0.05, 0) is 28.8 Å². The fourth-order valence-electron chi connectivity index (χ4n) is 4.57. The van der Waals surface area contributed by atoms with Gasteiger partial charge in [0.2, 0.25) is 0 Å². The van der Waals surface area contributed by atoms with Crippen molar-refractivity contribution in [1.82, 2.24) is 4.90 Å². The van der Waals surface area contributed by atoms with Crippen molar-refractivity contribution in [2.45, 2.75) is 24.2 Å². The normalized spacial score (nSPS) is 19.8. The summed E-state index contributed by atoms with van der Waals surface area (Å²) in [5, 5.41) is 9.71. The number of β-lactam (4-membered cyclic amide) rings is 1. The van der Waals surface area contributed by atoms with E-state index in [2.05, 4.69) is 4.99 Å². The van der Waals surface area contributed by atoms with Gasteiger partial charge in [-0.1, -0.05) is 60.7 Å². The molecule has 12 heteroatoms. The first-order valence-electron chi connectivity index (χ1n) is 12.8. The number of nitrogens with zero attached hydrogens (tertiary/aromatic N) is 3. The lowest BCUT2D eigenvalue weighted by molar-refractivity contribution is -0.384. The average molecular weight is 590 g/mol. The molecule has 2 aliphatic rings. The van der Waals surface area contributed by atoms with Crippen LogP contribution < -0.4 is 0 Å². The second kappa shape index (κ2) is 12.0. The number of aliphatic imine (C=N–C) groups is 1. The molecule has 0 radical (unpaired) electrons. The van der Waals surface area contributed by atoms with E-state index in [0.717, 1.165) is 22.9 Å². The number of halogens is 1. The molecule has 3 aromatic rings. The zero-order valence-corrected chi connectivity index (χ0v) is 23.0. The summed E-state index contributed by atoms with van der Waals surface area (Å²) in [6, 6.07) is 23.3. The fourth-order valence-corrected chi connectivity index (χ4v) is 5.88. The minimum absolute atomic E-state index is 0.0756. The minimum atomic E-state index is -2.69. The molecule has 214 valence electrons. The standard InChI is InChI=1S/C30H24FN3O7S/c1-19(35)40-17-23-18-42-29-30(31,32-16-20-12-14-24(15-13-20)34(38)39)28(37)33(29)25(23)27(36)41-26(21-8-4-2-5-9-21)22-10-6-3-7-11-22/h2-16,26,29H,17-18H2,1H3/t29-,30?/m1/s1. The van der Waals surface area contributed by atoms with Crippen LogP contribution in [0.15, 0.2) is 101 Å².